The van der Waals surface area contributed by atoms with Crippen molar-refractivity contribution >= 4 is 17.5 Å². The van der Waals surface area contributed by atoms with Gasteiger partial charge in [-0.2, -0.15) is 0 Å². The molecule has 0 saturated heterocycles. The molecule has 1 fully saturated rings. The van der Waals surface area contributed by atoms with Crippen molar-refractivity contribution in [3.8, 4) is 17.2 Å². The highest BCUT2D eigenvalue weighted by Crippen LogP contribution is 2.33. The van der Waals surface area contributed by atoms with Gasteiger partial charge in [-0.05, 0) is 62.1 Å². The second-order valence-corrected chi connectivity index (χ2v) is 6.62. The molecule has 0 bridgehead atoms. The third-order valence-electron chi connectivity index (χ3n) is 4.55. The van der Waals surface area contributed by atoms with E-state index in [0.717, 1.165) is 12.8 Å². The van der Waals surface area contributed by atoms with Crippen LogP contribution in [0.15, 0.2) is 42.5 Å². The van der Waals surface area contributed by atoms with Crippen molar-refractivity contribution in [2.24, 2.45) is 5.73 Å². The minimum Gasteiger partial charge on any atom is -0.493 e. The first-order valence-electron chi connectivity index (χ1n) is 9.22. The van der Waals surface area contributed by atoms with E-state index in [9.17, 15) is 9.59 Å². The standard InChI is InChI=1S/C21H24N2O5/c1-26-18-11-8-15(12-19(18)28-17-4-2-3-5-17)23-20(24)13-27-16-9-6-14(7-10-16)21(22)25/h6-12,17H,2-5,13H2,1H3,(H2,22,25)(H,23,24). The van der Waals surface area contributed by atoms with E-state index < -0.39 is 5.91 Å². The van der Waals surface area contributed by atoms with Gasteiger partial charge in [0.25, 0.3) is 5.91 Å². The van der Waals surface area contributed by atoms with Gasteiger partial charge in [-0.15, -0.1) is 0 Å². The Morgan fingerprint density at radius 3 is 2.43 bits per heavy atom. The summed E-state index contributed by atoms with van der Waals surface area (Å²) in [5, 5.41) is 2.78. The number of carbonyl (C=O) groups is 2. The highest BCUT2D eigenvalue weighted by molar-refractivity contribution is 5.93. The second-order valence-electron chi connectivity index (χ2n) is 6.62. The predicted octanol–water partition coefficient (Wildman–Crippen LogP) is 3.13. The number of primary amides is 1. The molecule has 2 aromatic carbocycles. The van der Waals surface area contributed by atoms with E-state index >= 15 is 0 Å². The van der Waals surface area contributed by atoms with Gasteiger partial charge >= 0.3 is 0 Å². The Morgan fingerprint density at radius 1 is 1.07 bits per heavy atom. The lowest BCUT2D eigenvalue weighted by Gasteiger charge is -2.17. The van der Waals surface area contributed by atoms with E-state index in [1.807, 2.05) is 0 Å². The summed E-state index contributed by atoms with van der Waals surface area (Å²) in [6.07, 6.45) is 4.58. The largest absolute Gasteiger partial charge is 0.493 e. The van der Waals surface area contributed by atoms with E-state index in [-0.39, 0.29) is 18.6 Å². The molecule has 3 rings (SSSR count). The first-order valence-corrected chi connectivity index (χ1v) is 9.22. The molecule has 7 nitrogen and oxygen atoms in total. The summed E-state index contributed by atoms with van der Waals surface area (Å²) in [6, 6.07) is 11.6. The molecular formula is C21H24N2O5. The fourth-order valence-corrected chi connectivity index (χ4v) is 3.09. The van der Waals surface area contributed by atoms with Gasteiger partial charge in [0.1, 0.15) is 5.75 Å². The number of rotatable bonds is 8. The minimum atomic E-state index is -0.514. The number of nitrogens with one attached hydrogen (secondary N) is 1. The van der Waals surface area contributed by atoms with Gasteiger partial charge in [-0.3, -0.25) is 9.59 Å². The molecule has 0 aromatic heterocycles. The Bertz CT molecular complexity index is 829. The van der Waals surface area contributed by atoms with E-state index in [1.165, 1.54) is 12.8 Å². The van der Waals surface area contributed by atoms with Crippen molar-refractivity contribution in [2.75, 3.05) is 19.0 Å². The average Bonchev–Trinajstić information content (AvgIpc) is 3.20. The second kappa shape index (κ2) is 9.12. The molecule has 0 spiro atoms. The maximum atomic E-state index is 12.2. The summed E-state index contributed by atoms with van der Waals surface area (Å²) in [4.78, 5) is 23.3. The Kier molecular flexibility index (Phi) is 6.37. The Morgan fingerprint density at radius 2 is 1.79 bits per heavy atom. The fourth-order valence-electron chi connectivity index (χ4n) is 3.09. The van der Waals surface area contributed by atoms with Crippen molar-refractivity contribution in [1.29, 1.82) is 0 Å². The molecule has 7 heteroatoms. The third-order valence-corrected chi connectivity index (χ3v) is 4.55. The fraction of sp³-hybridized carbons (Fsp3) is 0.333. The first kappa shape index (κ1) is 19.5. The van der Waals surface area contributed by atoms with Gasteiger partial charge in [-0.1, -0.05) is 0 Å². The number of hydrogen-bond acceptors (Lipinski definition) is 5. The molecule has 2 aromatic rings. The molecule has 2 amide bonds. The Balaban J connectivity index is 1.57. The summed E-state index contributed by atoms with van der Waals surface area (Å²) in [7, 11) is 1.59. The molecule has 1 aliphatic rings. The molecule has 1 saturated carbocycles. The number of amides is 2. The molecule has 0 heterocycles. The van der Waals surface area contributed by atoms with Crippen LogP contribution in [0.4, 0.5) is 5.69 Å². The lowest BCUT2D eigenvalue weighted by Crippen LogP contribution is -2.20. The van der Waals surface area contributed by atoms with Gasteiger partial charge in [0, 0.05) is 17.3 Å². The minimum absolute atomic E-state index is 0.166. The number of nitrogens with two attached hydrogens (primary N) is 1. The molecule has 28 heavy (non-hydrogen) atoms. The number of methoxy groups -OCH3 is 1. The average molecular weight is 384 g/mol. The number of benzene rings is 2. The van der Waals surface area contributed by atoms with Crippen LogP contribution in [0.5, 0.6) is 17.2 Å². The van der Waals surface area contributed by atoms with Crippen LogP contribution >= 0.6 is 0 Å². The van der Waals surface area contributed by atoms with Crippen molar-refractivity contribution in [3.05, 3.63) is 48.0 Å². The number of carbonyl (C=O) groups excluding carboxylic acids is 2. The molecule has 1 aliphatic carbocycles. The predicted molar refractivity (Wildman–Crippen MR) is 105 cm³/mol. The smallest absolute Gasteiger partial charge is 0.262 e. The van der Waals surface area contributed by atoms with Crippen molar-refractivity contribution in [2.45, 2.75) is 31.8 Å². The number of hydrogen-bond donors (Lipinski definition) is 2. The maximum absolute atomic E-state index is 12.2. The summed E-state index contributed by atoms with van der Waals surface area (Å²) >= 11 is 0. The lowest BCUT2D eigenvalue weighted by atomic mass is 10.2. The molecule has 3 N–H and O–H groups in total. The lowest BCUT2D eigenvalue weighted by molar-refractivity contribution is -0.118. The van der Waals surface area contributed by atoms with Crippen LogP contribution in [0.25, 0.3) is 0 Å². The Hall–Kier alpha value is -3.22. The van der Waals surface area contributed by atoms with Crippen LogP contribution in [0.2, 0.25) is 0 Å². The highest BCUT2D eigenvalue weighted by Gasteiger charge is 2.19. The third kappa shape index (κ3) is 5.16. The molecule has 0 unspecified atom stereocenters. The van der Waals surface area contributed by atoms with Crippen LogP contribution < -0.4 is 25.3 Å². The van der Waals surface area contributed by atoms with Crippen molar-refractivity contribution < 1.29 is 23.8 Å². The highest BCUT2D eigenvalue weighted by atomic mass is 16.5. The zero-order valence-electron chi connectivity index (χ0n) is 15.8. The van der Waals surface area contributed by atoms with Crippen LogP contribution in [-0.2, 0) is 4.79 Å². The monoisotopic (exact) mass is 384 g/mol. The summed E-state index contributed by atoms with van der Waals surface area (Å²) in [5.74, 6) is 0.904. The summed E-state index contributed by atoms with van der Waals surface area (Å²) in [5.41, 5.74) is 6.18. The van der Waals surface area contributed by atoms with E-state index in [4.69, 9.17) is 19.9 Å². The first-order chi connectivity index (χ1) is 13.5. The van der Waals surface area contributed by atoms with Gasteiger partial charge in [-0.25, -0.2) is 0 Å². The Labute approximate surface area is 163 Å². The molecule has 0 atom stereocenters. The zero-order chi connectivity index (χ0) is 19.9. The quantitative estimate of drug-likeness (QED) is 0.728. The maximum Gasteiger partial charge on any atom is 0.262 e. The van der Waals surface area contributed by atoms with Gasteiger partial charge in [0.2, 0.25) is 5.91 Å². The van der Waals surface area contributed by atoms with E-state index in [1.54, 1.807) is 49.6 Å². The molecule has 0 aliphatic heterocycles. The van der Waals surface area contributed by atoms with Gasteiger partial charge < -0.3 is 25.3 Å². The van der Waals surface area contributed by atoms with E-state index in [2.05, 4.69) is 5.32 Å². The summed E-state index contributed by atoms with van der Waals surface area (Å²) in [6.45, 7) is -0.166. The van der Waals surface area contributed by atoms with Crippen LogP contribution in [0.1, 0.15) is 36.0 Å². The molecule has 0 radical (unpaired) electrons. The molecular weight excluding hydrogens is 360 g/mol. The van der Waals surface area contributed by atoms with E-state index in [0.29, 0.717) is 28.5 Å². The molecule has 148 valence electrons. The SMILES string of the molecule is COc1ccc(NC(=O)COc2ccc(C(N)=O)cc2)cc1OC1CCCC1. The zero-order valence-corrected chi connectivity index (χ0v) is 15.8. The number of anilines is 1. The topological polar surface area (TPSA) is 99.9 Å². The normalized spacial score (nSPS) is 13.8. The summed E-state index contributed by atoms with van der Waals surface area (Å²) < 4.78 is 16.8. The van der Waals surface area contributed by atoms with Gasteiger partial charge in [0.05, 0.1) is 13.2 Å². The van der Waals surface area contributed by atoms with Crippen molar-refractivity contribution in [3.63, 3.8) is 0 Å². The number of ether oxygens (including phenoxy) is 3. The van der Waals surface area contributed by atoms with Crippen LogP contribution in [-0.4, -0.2) is 31.6 Å². The van der Waals surface area contributed by atoms with Crippen molar-refractivity contribution in [1.82, 2.24) is 0 Å². The van der Waals surface area contributed by atoms with Gasteiger partial charge in [0.15, 0.2) is 18.1 Å². The van der Waals surface area contributed by atoms with Crippen LogP contribution in [0.3, 0.4) is 0 Å². The van der Waals surface area contributed by atoms with Crippen LogP contribution in [0, 0.1) is 0 Å².